The molecule has 1 N–H and O–H groups in total. The van der Waals surface area contributed by atoms with Gasteiger partial charge in [0, 0.05) is 17.9 Å². The number of fused-ring (bicyclic) bond motifs is 1. The number of anilines is 1. The minimum Gasteiger partial charge on any atom is -0.497 e. The van der Waals surface area contributed by atoms with Crippen LogP contribution in [-0.4, -0.2) is 33.0 Å². The van der Waals surface area contributed by atoms with Gasteiger partial charge in [0.15, 0.2) is 11.0 Å². The van der Waals surface area contributed by atoms with Gasteiger partial charge in [-0.15, -0.1) is 10.2 Å². The fraction of sp³-hybridized carbons (Fsp3) is 0.222. The van der Waals surface area contributed by atoms with Crippen molar-refractivity contribution in [1.82, 2.24) is 20.0 Å². The van der Waals surface area contributed by atoms with Crippen molar-refractivity contribution < 1.29 is 9.53 Å². The van der Waals surface area contributed by atoms with E-state index < -0.39 is 0 Å². The number of rotatable bonds is 3. The fourth-order valence-electron chi connectivity index (χ4n) is 3.26. The number of carbonyl (C=O) groups is 1. The Balaban J connectivity index is 1.82. The number of halogens is 1. The van der Waals surface area contributed by atoms with Crippen molar-refractivity contribution in [2.24, 2.45) is 0 Å². The van der Waals surface area contributed by atoms with E-state index in [1.165, 1.54) is 0 Å². The standard InChI is InChI=1S/C18H16ClN5O2/c1-10-17-13(11-3-5-12(26-2)6-4-11)9-16(25)20-18(17)24(23-10)15-8-7-14(19)21-22-15/h3-8,13H,9H2,1-2H3,(H,20,25)/t13-/m0/s1. The average molecular weight is 370 g/mol. The van der Waals surface area contributed by atoms with E-state index in [0.717, 1.165) is 22.6 Å². The van der Waals surface area contributed by atoms with E-state index in [2.05, 4.69) is 20.6 Å². The van der Waals surface area contributed by atoms with E-state index in [-0.39, 0.29) is 11.8 Å². The van der Waals surface area contributed by atoms with Gasteiger partial charge >= 0.3 is 0 Å². The lowest BCUT2D eigenvalue weighted by Crippen LogP contribution is -2.25. The zero-order valence-corrected chi connectivity index (χ0v) is 15.0. The SMILES string of the molecule is COc1ccc([C@@H]2CC(=O)Nc3c2c(C)nn3-c2ccc(Cl)nn2)cc1. The van der Waals surface area contributed by atoms with Crippen molar-refractivity contribution in [2.45, 2.75) is 19.3 Å². The predicted octanol–water partition coefficient (Wildman–Crippen LogP) is 3.11. The summed E-state index contributed by atoms with van der Waals surface area (Å²) in [6.07, 6.45) is 0.359. The Labute approximate surface area is 155 Å². The maximum absolute atomic E-state index is 12.3. The van der Waals surface area contributed by atoms with Gasteiger partial charge < -0.3 is 10.1 Å². The van der Waals surface area contributed by atoms with Gasteiger partial charge in [-0.3, -0.25) is 4.79 Å². The maximum atomic E-state index is 12.3. The van der Waals surface area contributed by atoms with Crippen LogP contribution < -0.4 is 10.1 Å². The summed E-state index contributed by atoms with van der Waals surface area (Å²) in [4.78, 5) is 12.3. The first-order chi connectivity index (χ1) is 12.6. The van der Waals surface area contributed by atoms with Crippen LogP contribution in [-0.2, 0) is 4.79 Å². The van der Waals surface area contributed by atoms with E-state index in [4.69, 9.17) is 16.3 Å². The van der Waals surface area contributed by atoms with Crippen molar-refractivity contribution in [1.29, 1.82) is 0 Å². The monoisotopic (exact) mass is 369 g/mol. The van der Waals surface area contributed by atoms with Crippen molar-refractivity contribution >= 4 is 23.3 Å². The van der Waals surface area contributed by atoms with Crippen molar-refractivity contribution in [2.75, 3.05) is 12.4 Å². The summed E-state index contributed by atoms with van der Waals surface area (Å²) in [7, 11) is 1.63. The van der Waals surface area contributed by atoms with Crippen LogP contribution in [0.3, 0.4) is 0 Å². The molecule has 3 aromatic rings. The lowest BCUT2D eigenvalue weighted by molar-refractivity contribution is -0.116. The lowest BCUT2D eigenvalue weighted by Gasteiger charge is -2.24. The van der Waals surface area contributed by atoms with Crippen LogP contribution in [0.15, 0.2) is 36.4 Å². The van der Waals surface area contributed by atoms with Gasteiger partial charge in [0.2, 0.25) is 5.91 Å². The molecule has 0 bridgehead atoms. The number of amides is 1. The zero-order chi connectivity index (χ0) is 18.3. The molecule has 0 saturated heterocycles. The number of methoxy groups -OCH3 is 1. The third kappa shape index (κ3) is 2.80. The molecule has 132 valence electrons. The highest BCUT2D eigenvalue weighted by Crippen LogP contribution is 2.40. The van der Waals surface area contributed by atoms with E-state index in [1.54, 1.807) is 23.9 Å². The first-order valence-corrected chi connectivity index (χ1v) is 8.47. The van der Waals surface area contributed by atoms with Crippen molar-refractivity contribution in [3.05, 3.63) is 58.4 Å². The molecule has 0 aliphatic carbocycles. The minimum absolute atomic E-state index is 0.0682. The Morgan fingerprint density at radius 1 is 1.19 bits per heavy atom. The molecule has 0 saturated carbocycles. The second-order valence-corrected chi connectivity index (χ2v) is 6.44. The second kappa shape index (κ2) is 6.42. The predicted molar refractivity (Wildman–Crippen MR) is 97.0 cm³/mol. The number of nitrogens with one attached hydrogen (secondary N) is 1. The number of hydrogen-bond acceptors (Lipinski definition) is 5. The van der Waals surface area contributed by atoms with Crippen LogP contribution in [0.1, 0.15) is 29.2 Å². The third-order valence-electron chi connectivity index (χ3n) is 4.46. The molecule has 3 heterocycles. The number of carbonyl (C=O) groups excluding carboxylic acids is 1. The van der Waals surface area contributed by atoms with E-state index in [0.29, 0.717) is 23.2 Å². The highest BCUT2D eigenvalue weighted by Gasteiger charge is 2.32. The Morgan fingerprint density at radius 2 is 1.96 bits per heavy atom. The molecule has 1 amide bonds. The number of hydrogen-bond donors (Lipinski definition) is 1. The summed E-state index contributed by atoms with van der Waals surface area (Å²) in [5.74, 6) is 1.74. The smallest absolute Gasteiger partial charge is 0.226 e. The fourth-order valence-corrected chi connectivity index (χ4v) is 3.36. The normalized spacial score (nSPS) is 16.1. The molecular formula is C18H16ClN5O2. The van der Waals surface area contributed by atoms with Gasteiger partial charge in [-0.1, -0.05) is 23.7 Å². The lowest BCUT2D eigenvalue weighted by atomic mass is 9.86. The number of nitrogens with zero attached hydrogens (tertiary/aromatic N) is 4. The topological polar surface area (TPSA) is 81.9 Å². The summed E-state index contributed by atoms with van der Waals surface area (Å²) in [5.41, 5.74) is 2.84. The summed E-state index contributed by atoms with van der Waals surface area (Å²) in [5, 5.41) is 15.7. The first-order valence-electron chi connectivity index (χ1n) is 8.09. The Kier molecular flexibility index (Phi) is 4.08. The van der Waals surface area contributed by atoms with Crippen molar-refractivity contribution in [3.8, 4) is 11.6 Å². The Morgan fingerprint density at radius 3 is 2.62 bits per heavy atom. The molecule has 1 atom stereocenters. The number of aromatic nitrogens is 4. The van der Waals surface area contributed by atoms with Crippen LogP contribution in [0.4, 0.5) is 5.82 Å². The largest absolute Gasteiger partial charge is 0.497 e. The van der Waals surface area contributed by atoms with E-state index in [1.807, 2.05) is 31.2 Å². The molecule has 7 nitrogen and oxygen atoms in total. The van der Waals surface area contributed by atoms with Gasteiger partial charge in [-0.05, 0) is 36.8 Å². The highest BCUT2D eigenvalue weighted by atomic mass is 35.5. The average Bonchev–Trinajstić information content (AvgIpc) is 2.98. The quantitative estimate of drug-likeness (QED) is 0.767. The molecule has 0 radical (unpaired) electrons. The molecule has 1 aliphatic rings. The number of ether oxygens (including phenoxy) is 1. The molecular weight excluding hydrogens is 354 g/mol. The van der Waals surface area contributed by atoms with Gasteiger partial charge in [0.05, 0.1) is 12.8 Å². The summed E-state index contributed by atoms with van der Waals surface area (Å²) in [6, 6.07) is 11.1. The van der Waals surface area contributed by atoms with Crippen LogP contribution >= 0.6 is 11.6 Å². The number of benzene rings is 1. The Hall–Kier alpha value is -2.93. The zero-order valence-electron chi connectivity index (χ0n) is 14.2. The molecule has 0 unspecified atom stereocenters. The summed E-state index contributed by atoms with van der Waals surface area (Å²) < 4.78 is 6.82. The Bertz CT molecular complexity index is 966. The first kappa shape index (κ1) is 16.5. The van der Waals surface area contributed by atoms with E-state index in [9.17, 15) is 4.79 Å². The summed E-state index contributed by atoms with van der Waals surface area (Å²) >= 11 is 5.82. The second-order valence-electron chi connectivity index (χ2n) is 6.05. The molecule has 26 heavy (non-hydrogen) atoms. The van der Waals surface area contributed by atoms with Gasteiger partial charge in [-0.2, -0.15) is 9.78 Å². The van der Waals surface area contributed by atoms with Gasteiger partial charge in [0.25, 0.3) is 0 Å². The minimum atomic E-state index is -0.0846. The summed E-state index contributed by atoms with van der Waals surface area (Å²) in [6.45, 7) is 1.92. The van der Waals surface area contributed by atoms with Crippen LogP contribution in [0.25, 0.3) is 5.82 Å². The maximum Gasteiger partial charge on any atom is 0.226 e. The van der Waals surface area contributed by atoms with Crippen LogP contribution in [0, 0.1) is 6.92 Å². The molecule has 0 fully saturated rings. The molecule has 0 spiro atoms. The third-order valence-corrected chi connectivity index (χ3v) is 4.66. The van der Waals surface area contributed by atoms with Gasteiger partial charge in [0.1, 0.15) is 11.6 Å². The van der Waals surface area contributed by atoms with Gasteiger partial charge in [-0.25, -0.2) is 0 Å². The molecule has 1 aliphatic heterocycles. The number of aryl methyl sites for hydroxylation is 1. The molecule has 8 heteroatoms. The molecule has 1 aromatic carbocycles. The van der Waals surface area contributed by atoms with E-state index >= 15 is 0 Å². The molecule has 2 aromatic heterocycles. The molecule has 4 rings (SSSR count). The highest BCUT2D eigenvalue weighted by molar-refractivity contribution is 6.29. The van der Waals surface area contributed by atoms with Crippen LogP contribution in [0.2, 0.25) is 5.15 Å². The van der Waals surface area contributed by atoms with Crippen molar-refractivity contribution in [3.63, 3.8) is 0 Å². The van der Waals surface area contributed by atoms with Crippen LogP contribution in [0.5, 0.6) is 5.75 Å².